The van der Waals surface area contributed by atoms with Gasteiger partial charge in [0.15, 0.2) is 5.65 Å². The molecule has 0 aliphatic heterocycles. The quantitative estimate of drug-likeness (QED) is 0.684. The van der Waals surface area contributed by atoms with E-state index in [1.165, 1.54) is 6.20 Å². The number of aromatic nitrogens is 3. The van der Waals surface area contributed by atoms with E-state index in [-0.39, 0.29) is 12.2 Å². The fraction of sp³-hybridized carbons (Fsp3) is 0.235. The molecule has 0 amide bonds. The Labute approximate surface area is 138 Å². The Morgan fingerprint density at radius 2 is 2.04 bits per heavy atom. The summed E-state index contributed by atoms with van der Waals surface area (Å²) < 4.78 is 6.77. The van der Waals surface area contributed by atoms with Gasteiger partial charge in [0.05, 0.1) is 34.0 Å². The number of para-hydroxylation sites is 1. The molecule has 0 radical (unpaired) electrons. The van der Waals surface area contributed by atoms with Crippen molar-refractivity contribution in [3.63, 3.8) is 0 Å². The zero-order chi connectivity index (χ0) is 16.6. The van der Waals surface area contributed by atoms with E-state index in [0.717, 1.165) is 11.3 Å². The fourth-order valence-corrected chi connectivity index (χ4v) is 2.88. The lowest BCUT2D eigenvalue weighted by atomic mass is 10.2. The predicted molar refractivity (Wildman–Crippen MR) is 89.3 cm³/mol. The number of hydrogen-bond donors (Lipinski definition) is 0. The number of carbonyl (C=O) groups is 1. The SMILES string of the molecule is CCOC(=O)c1cnc2c(c(C)nn2-c2ccccc2C)c1Cl. The Morgan fingerprint density at radius 3 is 2.74 bits per heavy atom. The lowest BCUT2D eigenvalue weighted by molar-refractivity contribution is 0.0526. The third-order valence-electron chi connectivity index (χ3n) is 3.65. The first-order valence-electron chi connectivity index (χ1n) is 7.31. The number of benzene rings is 1. The zero-order valence-electron chi connectivity index (χ0n) is 13.1. The summed E-state index contributed by atoms with van der Waals surface area (Å²) in [6.45, 7) is 5.89. The second-order valence-electron chi connectivity index (χ2n) is 5.19. The molecule has 0 N–H and O–H groups in total. The molecule has 0 unspecified atom stereocenters. The lowest BCUT2D eigenvalue weighted by Crippen LogP contribution is -2.07. The van der Waals surface area contributed by atoms with E-state index in [2.05, 4.69) is 10.1 Å². The van der Waals surface area contributed by atoms with Gasteiger partial charge in [0.2, 0.25) is 0 Å². The maximum Gasteiger partial charge on any atom is 0.341 e. The molecular weight excluding hydrogens is 314 g/mol. The fourth-order valence-electron chi connectivity index (χ4n) is 2.53. The van der Waals surface area contributed by atoms with Crippen LogP contribution in [-0.4, -0.2) is 27.3 Å². The summed E-state index contributed by atoms with van der Waals surface area (Å²) in [5.74, 6) is -0.477. The Kier molecular flexibility index (Phi) is 4.05. The van der Waals surface area contributed by atoms with Gasteiger partial charge in [-0.25, -0.2) is 14.5 Å². The molecule has 5 nitrogen and oxygen atoms in total. The summed E-state index contributed by atoms with van der Waals surface area (Å²) in [7, 11) is 0. The maximum atomic E-state index is 12.0. The number of halogens is 1. The van der Waals surface area contributed by atoms with Crippen molar-refractivity contribution in [3.05, 3.63) is 52.3 Å². The number of ether oxygens (including phenoxy) is 1. The molecular formula is C17H16ClN3O2. The van der Waals surface area contributed by atoms with Gasteiger partial charge in [-0.1, -0.05) is 29.8 Å². The zero-order valence-corrected chi connectivity index (χ0v) is 13.9. The highest BCUT2D eigenvalue weighted by Crippen LogP contribution is 2.30. The molecule has 6 heteroatoms. The lowest BCUT2D eigenvalue weighted by Gasteiger charge is -2.07. The van der Waals surface area contributed by atoms with Crippen LogP contribution in [0.2, 0.25) is 5.02 Å². The molecule has 3 rings (SSSR count). The Hall–Kier alpha value is -2.40. The first-order chi connectivity index (χ1) is 11.0. The minimum atomic E-state index is -0.477. The van der Waals surface area contributed by atoms with Crippen LogP contribution in [0, 0.1) is 13.8 Å². The third-order valence-corrected chi connectivity index (χ3v) is 4.04. The van der Waals surface area contributed by atoms with E-state index >= 15 is 0 Å². The van der Waals surface area contributed by atoms with Crippen LogP contribution in [0.3, 0.4) is 0 Å². The maximum absolute atomic E-state index is 12.0. The third kappa shape index (κ3) is 2.57. The smallest absolute Gasteiger partial charge is 0.341 e. The summed E-state index contributed by atoms with van der Waals surface area (Å²) in [6, 6.07) is 7.89. The normalized spacial score (nSPS) is 11.0. The van der Waals surface area contributed by atoms with Crippen LogP contribution < -0.4 is 0 Å². The van der Waals surface area contributed by atoms with Gasteiger partial charge in [-0.05, 0) is 32.4 Å². The summed E-state index contributed by atoms with van der Waals surface area (Å²) in [5.41, 5.74) is 3.59. The largest absolute Gasteiger partial charge is 0.462 e. The molecule has 2 aromatic heterocycles. The molecule has 0 aliphatic carbocycles. The van der Waals surface area contributed by atoms with Crippen LogP contribution in [0.25, 0.3) is 16.7 Å². The highest BCUT2D eigenvalue weighted by molar-refractivity contribution is 6.38. The van der Waals surface area contributed by atoms with Crippen molar-refractivity contribution in [3.8, 4) is 5.69 Å². The number of rotatable bonds is 3. The predicted octanol–water partition coefficient (Wildman–Crippen LogP) is 3.87. The van der Waals surface area contributed by atoms with Crippen LogP contribution in [-0.2, 0) is 4.74 Å². The van der Waals surface area contributed by atoms with Crippen molar-refractivity contribution in [2.45, 2.75) is 20.8 Å². The van der Waals surface area contributed by atoms with Crippen molar-refractivity contribution in [2.24, 2.45) is 0 Å². The average molecular weight is 330 g/mol. The highest BCUT2D eigenvalue weighted by Gasteiger charge is 2.20. The Bertz CT molecular complexity index is 902. The van der Waals surface area contributed by atoms with Gasteiger partial charge >= 0.3 is 5.97 Å². The molecule has 118 valence electrons. The topological polar surface area (TPSA) is 57.0 Å². The average Bonchev–Trinajstić information content (AvgIpc) is 2.86. The Balaban J connectivity index is 2.24. The second kappa shape index (κ2) is 6.01. The number of aryl methyl sites for hydroxylation is 2. The van der Waals surface area contributed by atoms with E-state index in [1.807, 2.05) is 38.1 Å². The molecule has 1 aromatic carbocycles. The molecule has 0 bridgehead atoms. The van der Waals surface area contributed by atoms with Gasteiger partial charge in [0.1, 0.15) is 0 Å². The number of hydrogen-bond acceptors (Lipinski definition) is 4. The van der Waals surface area contributed by atoms with Crippen LogP contribution >= 0.6 is 11.6 Å². The van der Waals surface area contributed by atoms with Crippen LogP contribution in [0.15, 0.2) is 30.5 Å². The standard InChI is InChI=1S/C17H16ClN3O2/c1-4-23-17(22)12-9-19-16-14(15(12)18)11(3)20-21(16)13-8-6-5-7-10(13)2/h5-9H,4H2,1-3H3. The van der Waals surface area contributed by atoms with E-state index in [1.54, 1.807) is 11.6 Å². The van der Waals surface area contributed by atoms with Crippen molar-refractivity contribution in [1.29, 1.82) is 0 Å². The van der Waals surface area contributed by atoms with Gasteiger partial charge < -0.3 is 4.74 Å². The van der Waals surface area contributed by atoms with E-state index < -0.39 is 5.97 Å². The van der Waals surface area contributed by atoms with Crippen LogP contribution in [0.5, 0.6) is 0 Å². The number of pyridine rings is 1. The van der Waals surface area contributed by atoms with Crippen molar-refractivity contribution in [1.82, 2.24) is 14.8 Å². The molecule has 0 fully saturated rings. The van der Waals surface area contributed by atoms with Gasteiger partial charge in [0.25, 0.3) is 0 Å². The number of fused-ring (bicyclic) bond motifs is 1. The van der Waals surface area contributed by atoms with Crippen molar-refractivity contribution in [2.75, 3.05) is 6.61 Å². The molecule has 0 saturated heterocycles. The minimum absolute atomic E-state index is 0.258. The van der Waals surface area contributed by atoms with E-state index in [9.17, 15) is 4.79 Å². The van der Waals surface area contributed by atoms with E-state index in [4.69, 9.17) is 16.3 Å². The number of carbonyl (C=O) groups excluding carboxylic acids is 1. The van der Waals surface area contributed by atoms with Gasteiger partial charge in [-0.3, -0.25) is 0 Å². The first kappa shape index (κ1) is 15.5. The highest BCUT2D eigenvalue weighted by atomic mass is 35.5. The van der Waals surface area contributed by atoms with E-state index in [0.29, 0.717) is 21.7 Å². The molecule has 0 spiro atoms. The summed E-state index contributed by atoms with van der Waals surface area (Å²) in [5, 5.41) is 5.54. The molecule has 0 saturated carbocycles. The van der Waals surface area contributed by atoms with Gasteiger partial charge in [-0.15, -0.1) is 0 Å². The second-order valence-corrected chi connectivity index (χ2v) is 5.57. The monoisotopic (exact) mass is 329 g/mol. The first-order valence-corrected chi connectivity index (χ1v) is 7.69. The molecule has 3 aromatic rings. The van der Waals surface area contributed by atoms with Gasteiger partial charge in [-0.2, -0.15) is 5.10 Å². The summed E-state index contributed by atoms with van der Waals surface area (Å²) >= 11 is 6.42. The van der Waals surface area contributed by atoms with Gasteiger partial charge in [0, 0.05) is 6.20 Å². The Morgan fingerprint density at radius 1 is 1.30 bits per heavy atom. The number of nitrogens with zero attached hydrogens (tertiary/aromatic N) is 3. The minimum Gasteiger partial charge on any atom is -0.462 e. The van der Waals surface area contributed by atoms with Crippen LogP contribution in [0.4, 0.5) is 0 Å². The number of esters is 1. The summed E-state index contributed by atoms with van der Waals surface area (Å²) in [6.07, 6.45) is 1.44. The molecule has 23 heavy (non-hydrogen) atoms. The molecule has 0 atom stereocenters. The summed E-state index contributed by atoms with van der Waals surface area (Å²) in [4.78, 5) is 16.4. The van der Waals surface area contributed by atoms with Crippen molar-refractivity contribution < 1.29 is 9.53 Å². The molecule has 2 heterocycles. The molecule has 0 aliphatic rings. The van der Waals surface area contributed by atoms with Crippen LogP contribution in [0.1, 0.15) is 28.5 Å². The van der Waals surface area contributed by atoms with Crippen molar-refractivity contribution >= 4 is 28.6 Å².